The molecule has 0 atom stereocenters. The standard InChI is InChI=1S/3C2H3F3O3S.Sc/c3*3-2(4,5)1-9(6,7)8;/h3*1H2,(H,6,7,8);/q;;;+3/p-3. The molecule has 28 heavy (non-hydrogen) atoms. The topological polar surface area (TPSA) is 172 Å². The Hall–Kier alpha value is -0.0299. The molecule has 0 radical (unpaired) electrons. The minimum Gasteiger partial charge on any atom is -0.748 e. The van der Waals surface area contributed by atoms with Crippen molar-refractivity contribution in [3.05, 3.63) is 0 Å². The molecule has 168 valence electrons. The Morgan fingerprint density at radius 1 is 0.464 bits per heavy atom. The van der Waals surface area contributed by atoms with Gasteiger partial charge in [0.05, 0.1) is 0 Å². The van der Waals surface area contributed by atoms with Crippen molar-refractivity contribution in [1.82, 2.24) is 0 Å². The van der Waals surface area contributed by atoms with Crippen molar-refractivity contribution in [2.45, 2.75) is 18.5 Å². The molecule has 0 aliphatic heterocycles. The van der Waals surface area contributed by atoms with Crippen molar-refractivity contribution in [2.75, 3.05) is 17.3 Å². The number of hydrogen-bond acceptors (Lipinski definition) is 9. The van der Waals surface area contributed by atoms with E-state index in [0.717, 1.165) is 0 Å². The second-order valence-corrected chi connectivity index (χ2v) is 8.16. The predicted octanol–water partition coefficient (Wildman–Crippen LogP) is 0.279. The summed E-state index contributed by atoms with van der Waals surface area (Å²) in [4.78, 5) is 0. The summed E-state index contributed by atoms with van der Waals surface area (Å²) in [6, 6.07) is 0. The van der Waals surface area contributed by atoms with Gasteiger partial charge in [0, 0.05) is 0 Å². The van der Waals surface area contributed by atoms with Gasteiger partial charge in [0.15, 0.2) is 0 Å². The van der Waals surface area contributed by atoms with Crippen LogP contribution in [0.5, 0.6) is 0 Å². The van der Waals surface area contributed by atoms with Gasteiger partial charge in [-0.05, 0) is 0 Å². The first kappa shape index (κ1) is 35.4. The predicted molar refractivity (Wildman–Crippen MR) is 61.9 cm³/mol. The van der Waals surface area contributed by atoms with Crippen LogP contribution in [0.2, 0.25) is 0 Å². The summed E-state index contributed by atoms with van der Waals surface area (Å²) < 4.78 is 183. The number of halogens is 9. The third kappa shape index (κ3) is 50.1. The van der Waals surface area contributed by atoms with Crippen LogP contribution < -0.4 is 0 Å². The SMILES string of the molecule is O=S(=O)([O-])CC(F)(F)F.O=S(=O)([O-])CC(F)(F)F.O=S(=O)([O-])CC(F)(F)F.[Sc+3]. The van der Waals surface area contributed by atoms with Gasteiger partial charge in [-0.3, -0.25) is 0 Å². The van der Waals surface area contributed by atoms with E-state index in [1.165, 1.54) is 0 Å². The van der Waals surface area contributed by atoms with Crippen molar-refractivity contribution < 1.29 is 104 Å². The molecule has 0 fully saturated rings. The van der Waals surface area contributed by atoms with Crippen LogP contribution in [0.25, 0.3) is 0 Å². The molecule has 0 aromatic rings. The van der Waals surface area contributed by atoms with Gasteiger partial charge >= 0.3 is 44.4 Å². The molecule has 22 heteroatoms. The minimum absolute atomic E-state index is 0. The first-order chi connectivity index (χ1) is 11.1. The summed E-state index contributed by atoms with van der Waals surface area (Å²) in [6.45, 7) is 0. The number of hydrogen-bond donors (Lipinski definition) is 0. The van der Waals surface area contributed by atoms with Crippen LogP contribution >= 0.6 is 0 Å². The average Bonchev–Trinajstić information content (AvgIpc) is 1.96. The molecule has 0 aromatic heterocycles. The fourth-order valence-electron chi connectivity index (χ4n) is 0.601. The summed E-state index contributed by atoms with van der Waals surface area (Å²) in [5.74, 6) is -6.88. The van der Waals surface area contributed by atoms with Gasteiger partial charge in [0.25, 0.3) is 0 Å². The molecular formula is C6H6F9O9S3Sc. The Labute approximate surface area is 170 Å². The molecule has 0 spiro atoms. The second kappa shape index (κ2) is 12.0. The zero-order valence-corrected chi connectivity index (χ0v) is 16.8. The molecule has 0 amide bonds. The molecule has 0 aliphatic carbocycles. The quantitative estimate of drug-likeness (QED) is 0.364. The van der Waals surface area contributed by atoms with Crippen molar-refractivity contribution in [3.63, 3.8) is 0 Å². The van der Waals surface area contributed by atoms with Gasteiger partial charge in [0.1, 0.15) is 47.6 Å². The fourth-order valence-corrected chi connectivity index (χ4v) is 1.80. The molecule has 0 aliphatic rings. The molecular weight excluding hydrogens is 528 g/mol. The summed E-state index contributed by atoms with van der Waals surface area (Å²) in [7, 11) is -15.5. The normalized spacial score (nSPS) is 13.3. The Morgan fingerprint density at radius 3 is 0.571 bits per heavy atom. The molecule has 0 saturated heterocycles. The van der Waals surface area contributed by atoms with Crippen molar-refractivity contribution in [3.8, 4) is 0 Å². The van der Waals surface area contributed by atoms with Crippen molar-refractivity contribution >= 4 is 30.4 Å². The molecule has 0 aromatic carbocycles. The Bertz CT molecular complexity index is 644. The van der Waals surface area contributed by atoms with Crippen molar-refractivity contribution in [2.24, 2.45) is 0 Å². The average molecular weight is 534 g/mol. The van der Waals surface area contributed by atoms with E-state index < -0.39 is 66.1 Å². The van der Waals surface area contributed by atoms with Crippen LogP contribution in [-0.4, -0.2) is 74.7 Å². The molecule has 0 bridgehead atoms. The van der Waals surface area contributed by atoms with E-state index in [2.05, 4.69) is 0 Å². The van der Waals surface area contributed by atoms with Crippen LogP contribution in [0, 0.1) is 0 Å². The zero-order valence-electron chi connectivity index (χ0n) is 12.5. The number of rotatable bonds is 3. The number of alkyl halides is 9. The molecule has 9 nitrogen and oxygen atoms in total. The zero-order chi connectivity index (χ0) is 23.1. The van der Waals surface area contributed by atoms with E-state index in [9.17, 15) is 78.4 Å². The van der Waals surface area contributed by atoms with E-state index in [-0.39, 0.29) is 25.8 Å². The molecule has 0 N–H and O–H groups in total. The van der Waals surface area contributed by atoms with E-state index in [1.54, 1.807) is 0 Å². The maximum absolute atomic E-state index is 11.0. The van der Waals surface area contributed by atoms with Gasteiger partial charge in [0.2, 0.25) is 0 Å². The molecule has 0 rings (SSSR count). The summed E-state index contributed by atoms with van der Waals surface area (Å²) in [5, 5.41) is 0. The van der Waals surface area contributed by atoms with Gasteiger partial charge in [-0.15, -0.1) is 0 Å². The monoisotopic (exact) mass is 534 g/mol. The Kier molecular flexibility index (Phi) is 15.1. The van der Waals surface area contributed by atoms with Gasteiger partial charge in [-0.2, -0.15) is 39.5 Å². The first-order valence-corrected chi connectivity index (χ1v) is 9.86. The second-order valence-electron chi connectivity index (χ2n) is 3.95. The molecule has 0 heterocycles. The largest absolute Gasteiger partial charge is 3.00 e. The van der Waals surface area contributed by atoms with E-state index in [1.807, 2.05) is 0 Å². The van der Waals surface area contributed by atoms with Crippen LogP contribution in [-0.2, 0) is 56.2 Å². The van der Waals surface area contributed by atoms with Crippen LogP contribution in [0.3, 0.4) is 0 Å². The third-order valence-electron chi connectivity index (χ3n) is 1.02. The Morgan fingerprint density at radius 2 is 0.571 bits per heavy atom. The van der Waals surface area contributed by atoms with Crippen LogP contribution in [0.15, 0.2) is 0 Å². The third-order valence-corrected chi connectivity index (χ3v) is 3.06. The Balaban J connectivity index is -0.000000152. The summed E-state index contributed by atoms with van der Waals surface area (Å²) in [6.07, 6.45) is -14.7. The van der Waals surface area contributed by atoms with Gasteiger partial charge < -0.3 is 13.7 Å². The maximum atomic E-state index is 11.0. The summed E-state index contributed by atoms with van der Waals surface area (Å²) in [5.41, 5.74) is 0. The summed E-state index contributed by atoms with van der Waals surface area (Å²) >= 11 is 0. The first-order valence-electron chi connectivity index (χ1n) is 5.13. The van der Waals surface area contributed by atoms with Crippen LogP contribution in [0.1, 0.15) is 0 Å². The van der Waals surface area contributed by atoms with Crippen molar-refractivity contribution in [1.29, 1.82) is 0 Å². The van der Waals surface area contributed by atoms with E-state index in [4.69, 9.17) is 0 Å². The van der Waals surface area contributed by atoms with E-state index in [0.29, 0.717) is 0 Å². The minimum atomic E-state index is -5.16. The van der Waals surface area contributed by atoms with E-state index >= 15 is 0 Å². The molecule has 0 unspecified atom stereocenters. The van der Waals surface area contributed by atoms with Crippen LogP contribution in [0.4, 0.5) is 39.5 Å². The maximum Gasteiger partial charge on any atom is 3.00 e. The fraction of sp³-hybridized carbons (Fsp3) is 1.00. The molecule has 0 saturated carbocycles. The van der Waals surface area contributed by atoms with Gasteiger partial charge in [-0.1, -0.05) is 0 Å². The van der Waals surface area contributed by atoms with Gasteiger partial charge in [-0.25, -0.2) is 25.3 Å². The smallest absolute Gasteiger partial charge is 0.748 e.